The van der Waals surface area contributed by atoms with Gasteiger partial charge < -0.3 is 10.6 Å². The zero-order valence-electron chi connectivity index (χ0n) is 13.6. The van der Waals surface area contributed by atoms with Crippen molar-refractivity contribution >= 4 is 11.7 Å². The Labute approximate surface area is 142 Å². The van der Waals surface area contributed by atoms with Crippen LogP contribution < -0.4 is 10.6 Å². The van der Waals surface area contributed by atoms with E-state index in [0.29, 0.717) is 12.5 Å². The summed E-state index contributed by atoms with van der Waals surface area (Å²) in [5.74, 6) is 0.380. The van der Waals surface area contributed by atoms with Crippen LogP contribution in [0.25, 0.3) is 0 Å². The number of fused-ring (bicyclic) bond motifs is 1. The number of hydrogen-bond acceptors (Lipinski definition) is 3. The lowest BCUT2D eigenvalue weighted by atomic mass is 9.97. The van der Waals surface area contributed by atoms with Crippen molar-refractivity contribution < 1.29 is 4.79 Å². The van der Waals surface area contributed by atoms with Crippen LogP contribution in [0.3, 0.4) is 0 Å². The van der Waals surface area contributed by atoms with Gasteiger partial charge in [-0.05, 0) is 36.1 Å². The molecule has 4 rings (SSSR count). The highest BCUT2D eigenvalue weighted by Gasteiger charge is 2.33. The zero-order valence-corrected chi connectivity index (χ0v) is 13.6. The summed E-state index contributed by atoms with van der Waals surface area (Å²) in [5, 5.41) is 0. The maximum atomic E-state index is 13.0. The molecular formula is C19H22N4O. The van der Waals surface area contributed by atoms with Crippen molar-refractivity contribution in [2.45, 2.75) is 24.8 Å². The highest BCUT2D eigenvalue weighted by molar-refractivity contribution is 5.93. The van der Waals surface area contributed by atoms with Crippen LogP contribution in [-0.2, 0) is 0 Å². The van der Waals surface area contributed by atoms with Crippen LogP contribution >= 0.6 is 0 Å². The number of nitrogens with zero attached hydrogens (tertiary/aromatic N) is 3. The fraction of sp³-hybridized carbons (Fsp3) is 0.368. The van der Waals surface area contributed by atoms with Crippen LogP contribution in [0.5, 0.6) is 0 Å². The molecule has 5 heteroatoms. The number of pyridine rings is 1. The number of likely N-dealkylation sites (tertiary alicyclic amines) is 1. The predicted molar refractivity (Wildman–Crippen MR) is 93.9 cm³/mol. The predicted octanol–water partition coefficient (Wildman–Crippen LogP) is 2.90. The topological polar surface area (TPSA) is 62.5 Å². The average molecular weight is 322 g/mol. The van der Waals surface area contributed by atoms with E-state index in [0.717, 1.165) is 37.2 Å². The molecule has 2 aromatic rings. The molecule has 0 aliphatic carbocycles. The number of para-hydroxylation sites is 1. The van der Waals surface area contributed by atoms with E-state index in [4.69, 9.17) is 5.73 Å². The van der Waals surface area contributed by atoms with Crippen LogP contribution in [0.4, 0.5) is 10.5 Å². The van der Waals surface area contributed by atoms with Crippen molar-refractivity contribution in [1.82, 2.24) is 9.88 Å². The summed E-state index contributed by atoms with van der Waals surface area (Å²) in [6.45, 7) is 2.24. The summed E-state index contributed by atoms with van der Waals surface area (Å²) >= 11 is 0. The van der Waals surface area contributed by atoms with E-state index >= 15 is 0 Å². The van der Waals surface area contributed by atoms with Crippen molar-refractivity contribution in [2.24, 2.45) is 5.73 Å². The highest BCUT2D eigenvalue weighted by Crippen LogP contribution is 2.34. The highest BCUT2D eigenvalue weighted by atomic mass is 16.2. The second kappa shape index (κ2) is 6.24. The SMILES string of the molecule is NC1CCN(C(=O)N2CCC(c3cccnc3)C2)c2ccccc21. The molecule has 2 unspecified atom stereocenters. The number of carbonyl (C=O) groups is 1. The average Bonchev–Trinajstić information content (AvgIpc) is 3.13. The van der Waals surface area contributed by atoms with Gasteiger partial charge in [0, 0.05) is 44.0 Å². The fourth-order valence-corrected chi connectivity index (χ4v) is 3.78. The van der Waals surface area contributed by atoms with Gasteiger partial charge in [0.1, 0.15) is 0 Å². The van der Waals surface area contributed by atoms with Gasteiger partial charge in [-0.15, -0.1) is 0 Å². The number of benzene rings is 1. The lowest BCUT2D eigenvalue weighted by Gasteiger charge is -2.35. The van der Waals surface area contributed by atoms with Gasteiger partial charge in [-0.2, -0.15) is 0 Å². The number of carbonyl (C=O) groups excluding carboxylic acids is 1. The van der Waals surface area contributed by atoms with E-state index in [2.05, 4.69) is 11.1 Å². The minimum absolute atomic E-state index is 0.0203. The molecule has 0 spiro atoms. The molecule has 2 aliphatic heterocycles. The number of rotatable bonds is 1. The summed E-state index contributed by atoms with van der Waals surface area (Å²) in [7, 11) is 0. The molecule has 1 aromatic heterocycles. The number of anilines is 1. The summed E-state index contributed by atoms with van der Waals surface area (Å²) in [5.41, 5.74) is 9.45. The third-order valence-corrected chi connectivity index (χ3v) is 5.14. The van der Waals surface area contributed by atoms with Gasteiger partial charge in [0.05, 0.1) is 5.69 Å². The standard InChI is InChI=1S/C19H22N4O/c20-17-8-11-23(18-6-2-1-5-16(17)18)19(24)22-10-7-15(13-22)14-4-3-9-21-12-14/h1-6,9,12,15,17H,7-8,10-11,13,20H2. The summed E-state index contributed by atoms with van der Waals surface area (Å²) in [6, 6.07) is 12.2. The number of urea groups is 1. The molecule has 2 N–H and O–H groups in total. The third-order valence-electron chi connectivity index (χ3n) is 5.14. The largest absolute Gasteiger partial charge is 0.324 e. The van der Waals surface area contributed by atoms with Crippen LogP contribution in [0, 0.1) is 0 Å². The minimum Gasteiger partial charge on any atom is -0.324 e. The lowest BCUT2D eigenvalue weighted by Crippen LogP contribution is -2.45. The van der Waals surface area contributed by atoms with Gasteiger partial charge in [-0.3, -0.25) is 9.88 Å². The smallest absolute Gasteiger partial charge is 0.324 e. The number of amides is 2. The van der Waals surface area contributed by atoms with Gasteiger partial charge in [0.2, 0.25) is 0 Å². The van der Waals surface area contributed by atoms with E-state index in [9.17, 15) is 4.79 Å². The summed E-state index contributed by atoms with van der Waals surface area (Å²) < 4.78 is 0. The Bertz CT molecular complexity index is 733. The maximum Gasteiger partial charge on any atom is 0.324 e. The molecular weight excluding hydrogens is 300 g/mol. The van der Waals surface area contributed by atoms with Crippen LogP contribution in [-0.4, -0.2) is 35.5 Å². The van der Waals surface area contributed by atoms with E-state index in [-0.39, 0.29) is 12.1 Å². The molecule has 0 bridgehead atoms. The Morgan fingerprint density at radius 2 is 2.00 bits per heavy atom. The molecule has 1 fully saturated rings. The molecule has 1 aromatic carbocycles. The van der Waals surface area contributed by atoms with Crippen LogP contribution in [0.15, 0.2) is 48.8 Å². The number of hydrogen-bond donors (Lipinski definition) is 1. The van der Waals surface area contributed by atoms with Gasteiger partial charge in [0.15, 0.2) is 0 Å². The Morgan fingerprint density at radius 3 is 2.83 bits per heavy atom. The van der Waals surface area contributed by atoms with Crippen molar-refractivity contribution in [1.29, 1.82) is 0 Å². The fourth-order valence-electron chi connectivity index (χ4n) is 3.78. The van der Waals surface area contributed by atoms with Crippen molar-refractivity contribution in [3.8, 4) is 0 Å². The molecule has 2 atom stereocenters. The first kappa shape index (κ1) is 15.1. The first-order valence-corrected chi connectivity index (χ1v) is 8.55. The van der Waals surface area contributed by atoms with E-state index in [1.807, 2.05) is 46.3 Å². The second-order valence-electron chi connectivity index (χ2n) is 6.61. The Balaban J connectivity index is 1.52. The first-order valence-electron chi connectivity index (χ1n) is 8.55. The zero-order chi connectivity index (χ0) is 16.5. The third kappa shape index (κ3) is 2.65. The Hall–Kier alpha value is -2.40. The molecule has 5 nitrogen and oxygen atoms in total. The van der Waals surface area contributed by atoms with Gasteiger partial charge in [0.25, 0.3) is 0 Å². The van der Waals surface area contributed by atoms with Crippen molar-refractivity contribution in [3.05, 3.63) is 59.9 Å². The Kier molecular flexibility index (Phi) is 3.94. The molecule has 2 aliphatic rings. The van der Waals surface area contributed by atoms with Crippen molar-refractivity contribution in [3.63, 3.8) is 0 Å². The summed E-state index contributed by atoms with van der Waals surface area (Å²) in [4.78, 5) is 21.1. The molecule has 1 saturated heterocycles. The molecule has 0 saturated carbocycles. The van der Waals surface area contributed by atoms with E-state index < -0.39 is 0 Å². The Morgan fingerprint density at radius 1 is 1.12 bits per heavy atom. The lowest BCUT2D eigenvalue weighted by molar-refractivity contribution is 0.214. The quantitative estimate of drug-likeness (QED) is 0.878. The molecule has 24 heavy (non-hydrogen) atoms. The molecule has 2 amide bonds. The molecule has 0 radical (unpaired) electrons. The summed E-state index contributed by atoms with van der Waals surface area (Å²) in [6.07, 6.45) is 5.50. The normalized spacial score (nSPS) is 23.2. The van der Waals surface area contributed by atoms with E-state index in [1.165, 1.54) is 5.56 Å². The second-order valence-corrected chi connectivity index (χ2v) is 6.61. The van der Waals surface area contributed by atoms with Crippen molar-refractivity contribution in [2.75, 3.05) is 24.5 Å². The number of nitrogens with two attached hydrogens (primary N) is 1. The van der Waals surface area contributed by atoms with Gasteiger partial charge in [-0.1, -0.05) is 24.3 Å². The minimum atomic E-state index is 0.0203. The van der Waals surface area contributed by atoms with Crippen LogP contribution in [0.1, 0.15) is 35.9 Å². The van der Waals surface area contributed by atoms with E-state index in [1.54, 1.807) is 6.20 Å². The van der Waals surface area contributed by atoms with Gasteiger partial charge in [-0.25, -0.2) is 4.79 Å². The molecule has 124 valence electrons. The first-order chi connectivity index (χ1) is 11.7. The van der Waals surface area contributed by atoms with Gasteiger partial charge >= 0.3 is 6.03 Å². The maximum absolute atomic E-state index is 13.0. The monoisotopic (exact) mass is 322 g/mol. The van der Waals surface area contributed by atoms with Crippen LogP contribution in [0.2, 0.25) is 0 Å². The molecule has 3 heterocycles. The number of aromatic nitrogens is 1.